The number of hydrogen-bond acceptors (Lipinski definition) is 7. The molecule has 0 aromatic carbocycles. The summed E-state index contributed by atoms with van der Waals surface area (Å²) in [4.78, 5) is 32.0. The summed E-state index contributed by atoms with van der Waals surface area (Å²) in [5, 5.41) is 8.90. The molecule has 4 heterocycles. The van der Waals surface area contributed by atoms with E-state index in [1.165, 1.54) is 35.5 Å². The van der Waals surface area contributed by atoms with E-state index < -0.39 is 12.0 Å². The molecule has 9 heteroatoms. The molecule has 1 saturated carbocycles. The number of ether oxygens (including phenoxy) is 1. The van der Waals surface area contributed by atoms with Crippen LogP contribution < -0.4 is 5.32 Å². The molecular formula is C19H20N4O4S. The number of carbonyl (C=O) groups excluding carboxylic acids is 2. The van der Waals surface area contributed by atoms with Crippen LogP contribution in [0.15, 0.2) is 33.3 Å². The molecule has 28 heavy (non-hydrogen) atoms. The Bertz CT molecular complexity index is 930. The van der Waals surface area contributed by atoms with E-state index in [-0.39, 0.29) is 19.2 Å². The van der Waals surface area contributed by atoms with Gasteiger partial charge in [-0.15, -0.1) is 11.3 Å². The van der Waals surface area contributed by atoms with Gasteiger partial charge < -0.3 is 14.6 Å². The molecule has 0 radical (unpaired) electrons. The minimum absolute atomic E-state index is 0.0802. The van der Waals surface area contributed by atoms with Gasteiger partial charge in [-0.25, -0.2) is 9.59 Å². The molecule has 1 atom stereocenters. The normalized spacial score (nSPS) is 23.0. The number of nitrogens with one attached hydrogen (secondary N) is 1. The molecule has 0 bridgehead atoms. The summed E-state index contributed by atoms with van der Waals surface area (Å²) in [7, 11) is 0. The lowest BCUT2D eigenvalue weighted by Crippen LogP contribution is -2.46. The smallest absolute Gasteiger partial charge is 0.338 e. The molecule has 3 aliphatic rings. The lowest BCUT2D eigenvalue weighted by Gasteiger charge is -2.31. The predicted molar refractivity (Wildman–Crippen MR) is 99.2 cm³/mol. The maximum atomic E-state index is 12.8. The van der Waals surface area contributed by atoms with Crippen LogP contribution in [0.4, 0.5) is 4.79 Å². The maximum absolute atomic E-state index is 12.8. The third-order valence-electron chi connectivity index (χ3n) is 5.56. The summed E-state index contributed by atoms with van der Waals surface area (Å²) >= 11 is 1.49. The van der Waals surface area contributed by atoms with Crippen molar-refractivity contribution in [2.45, 2.75) is 50.6 Å². The highest BCUT2D eigenvalue weighted by molar-refractivity contribution is 7.10. The van der Waals surface area contributed by atoms with Crippen LogP contribution >= 0.6 is 11.3 Å². The number of rotatable bonds is 4. The molecule has 1 aliphatic carbocycles. The Hall–Kier alpha value is -2.68. The van der Waals surface area contributed by atoms with Gasteiger partial charge >= 0.3 is 12.0 Å². The molecule has 2 aromatic heterocycles. The first-order valence-corrected chi connectivity index (χ1v) is 10.4. The standard InChI is InChI=1S/C19H20N4O4S/c24-18-15-12(10-26-18)23(19(25)21-16(15)13-7-4-8-28-13)9-14-20-17(27-22-14)11-5-2-1-3-6-11/h4,7-8,11,16H,1-3,5-6,9-10H2,(H,21,25)/t16-/m0/s1. The topological polar surface area (TPSA) is 97.6 Å². The summed E-state index contributed by atoms with van der Waals surface area (Å²) < 4.78 is 10.7. The van der Waals surface area contributed by atoms with Gasteiger partial charge in [-0.3, -0.25) is 4.90 Å². The highest BCUT2D eigenvalue weighted by Gasteiger charge is 2.43. The molecule has 1 N–H and O–H groups in total. The lowest BCUT2D eigenvalue weighted by molar-refractivity contribution is -0.136. The number of esters is 1. The zero-order valence-electron chi connectivity index (χ0n) is 15.2. The van der Waals surface area contributed by atoms with Crippen molar-refractivity contribution in [3.63, 3.8) is 0 Å². The van der Waals surface area contributed by atoms with Gasteiger partial charge in [0.05, 0.1) is 23.9 Å². The Labute approximate surface area is 165 Å². The van der Waals surface area contributed by atoms with Crippen LogP contribution in [0, 0.1) is 0 Å². The maximum Gasteiger partial charge on any atom is 0.338 e. The van der Waals surface area contributed by atoms with Gasteiger partial charge in [0.1, 0.15) is 6.61 Å². The van der Waals surface area contributed by atoms with Crippen LogP contribution in [0.2, 0.25) is 0 Å². The minimum atomic E-state index is -0.475. The average molecular weight is 400 g/mol. The van der Waals surface area contributed by atoms with Gasteiger partial charge in [0, 0.05) is 10.8 Å². The molecule has 2 amide bonds. The fourth-order valence-corrected chi connectivity index (χ4v) is 4.92. The molecule has 2 aliphatic heterocycles. The zero-order chi connectivity index (χ0) is 19.1. The first-order chi connectivity index (χ1) is 13.7. The summed E-state index contributed by atoms with van der Waals surface area (Å²) in [5.41, 5.74) is 1.06. The van der Waals surface area contributed by atoms with Gasteiger partial charge in [0.15, 0.2) is 5.82 Å². The number of thiophene rings is 1. The summed E-state index contributed by atoms with van der Waals surface area (Å²) in [6.45, 7) is 0.228. The Morgan fingerprint density at radius 2 is 2.11 bits per heavy atom. The van der Waals surface area contributed by atoms with E-state index in [2.05, 4.69) is 15.5 Å². The molecule has 146 valence electrons. The first kappa shape index (κ1) is 17.4. The first-order valence-electron chi connectivity index (χ1n) is 9.55. The van der Waals surface area contributed by atoms with Gasteiger partial charge in [-0.2, -0.15) is 4.98 Å². The van der Waals surface area contributed by atoms with E-state index in [1.54, 1.807) is 0 Å². The van der Waals surface area contributed by atoms with Crippen molar-refractivity contribution in [3.8, 4) is 0 Å². The monoisotopic (exact) mass is 400 g/mol. The minimum Gasteiger partial charge on any atom is -0.456 e. The summed E-state index contributed by atoms with van der Waals surface area (Å²) in [5.74, 6) is 1.00. The van der Waals surface area contributed by atoms with Crippen LogP contribution in [-0.4, -0.2) is 33.6 Å². The highest BCUT2D eigenvalue weighted by atomic mass is 32.1. The summed E-state index contributed by atoms with van der Waals surface area (Å²) in [6.07, 6.45) is 5.73. The van der Waals surface area contributed by atoms with Crippen LogP contribution in [0.1, 0.15) is 60.7 Å². The molecule has 0 unspecified atom stereocenters. The number of carbonyl (C=O) groups is 2. The number of amides is 2. The molecule has 1 fully saturated rings. The molecule has 8 nitrogen and oxygen atoms in total. The van der Waals surface area contributed by atoms with Crippen LogP contribution in [0.25, 0.3) is 0 Å². The number of cyclic esters (lactones) is 1. The van der Waals surface area contributed by atoms with Crippen molar-refractivity contribution < 1.29 is 18.8 Å². The molecule has 0 saturated heterocycles. The Balaban J connectivity index is 1.41. The second-order valence-electron chi connectivity index (χ2n) is 7.30. The average Bonchev–Trinajstić information content (AvgIpc) is 3.46. The quantitative estimate of drug-likeness (QED) is 0.791. The van der Waals surface area contributed by atoms with Crippen molar-refractivity contribution in [2.75, 3.05) is 6.61 Å². The van der Waals surface area contributed by atoms with Crippen molar-refractivity contribution >= 4 is 23.3 Å². The van der Waals surface area contributed by atoms with Crippen molar-refractivity contribution in [2.24, 2.45) is 0 Å². The van der Waals surface area contributed by atoms with Gasteiger partial charge in [0.2, 0.25) is 5.89 Å². The molecule has 2 aromatic rings. The Morgan fingerprint density at radius 3 is 2.89 bits per heavy atom. The van der Waals surface area contributed by atoms with Crippen LogP contribution in [0.3, 0.4) is 0 Å². The van der Waals surface area contributed by atoms with Crippen molar-refractivity contribution in [1.82, 2.24) is 20.4 Å². The van der Waals surface area contributed by atoms with E-state index in [0.29, 0.717) is 28.9 Å². The van der Waals surface area contributed by atoms with Crippen molar-refractivity contribution in [3.05, 3.63) is 45.4 Å². The third kappa shape index (κ3) is 2.99. The van der Waals surface area contributed by atoms with E-state index in [1.807, 2.05) is 17.5 Å². The Morgan fingerprint density at radius 1 is 1.25 bits per heavy atom. The number of hydrogen-bond donors (Lipinski definition) is 1. The van der Waals surface area contributed by atoms with Crippen LogP contribution in [0.5, 0.6) is 0 Å². The van der Waals surface area contributed by atoms with E-state index in [9.17, 15) is 9.59 Å². The number of urea groups is 1. The molecule has 5 rings (SSSR count). The van der Waals surface area contributed by atoms with Gasteiger partial charge in [-0.05, 0) is 24.3 Å². The summed E-state index contributed by atoms with van der Waals surface area (Å²) in [6, 6.07) is 3.03. The second kappa shape index (κ2) is 7.05. The van der Waals surface area contributed by atoms with E-state index >= 15 is 0 Å². The molecule has 0 spiro atoms. The predicted octanol–water partition coefficient (Wildman–Crippen LogP) is 3.26. The van der Waals surface area contributed by atoms with E-state index in [0.717, 1.165) is 17.7 Å². The number of aromatic nitrogens is 2. The third-order valence-corrected chi connectivity index (χ3v) is 6.50. The zero-order valence-corrected chi connectivity index (χ0v) is 16.0. The number of nitrogens with zero attached hydrogens (tertiary/aromatic N) is 3. The fourth-order valence-electron chi connectivity index (χ4n) is 4.14. The lowest BCUT2D eigenvalue weighted by atomic mass is 9.89. The highest BCUT2D eigenvalue weighted by Crippen LogP contribution is 2.37. The SMILES string of the molecule is O=C1OCC2=C1[C@H](c1cccs1)NC(=O)N2Cc1noc(C2CCCCC2)n1. The fraction of sp³-hybridized carbons (Fsp3) is 0.474. The molecular weight excluding hydrogens is 380 g/mol. The van der Waals surface area contributed by atoms with Crippen molar-refractivity contribution in [1.29, 1.82) is 0 Å². The Kier molecular flexibility index (Phi) is 4.38. The largest absolute Gasteiger partial charge is 0.456 e. The van der Waals surface area contributed by atoms with E-state index in [4.69, 9.17) is 9.26 Å². The van der Waals surface area contributed by atoms with Crippen LogP contribution in [-0.2, 0) is 16.1 Å². The second-order valence-corrected chi connectivity index (χ2v) is 8.28. The van der Waals surface area contributed by atoms with Gasteiger partial charge in [0.25, 0.3) is 0 Å². The van der Waals surface area contributed by atoms with Gasteiger partial charge in [-0.1, -0.05) is 30.5 Å².